The van der Waals surface area contributed by atoms with E-state index in [2.05, 4.69) is 4.98 Å². The number of carbonyl (C=O) groups is 1. The van der Waals surface area contributed by atoms with Gasteiger partial charge in [-0.2, -0.15) is 0 Å². The lowest BCUT2D eigenvalue weighted by Gasteiger charge is -2.02. The fraction of sp³-hybridized carbons (Fsp3) is 0.333. The Hall–Kier alpha value is -1.88. The third kappa shape index (κ3) is 3.08. The van der Waals surface area contributed by atoms with Gasteiger partial charge in [0.2, 0.25) is 11.7 Å². The predicted octanol–water partition coefficient (Wildman–Crippen LogP) is 4.43. The van der Waals surface area contributed by atoms with Crippen molar-refractivity contribution >= 4 is 17.6 Å². The average molecular weight is 312 g/mol. The zero-order chi connectivity index (χ0) is 15.6. The van der Waals surface area contributed by atoms with Crippen molar-refractivity contribution in [1.29, 1.82) is 0 Å². The summed E-state index contributed by atoms with van der Waals surface area (Å²) in [5.74, 6) is -1.29. The van der Waals surface area contributed by atoms with Gasteiger partial charge in [-0.15, -0.1) is 0 Å². The fourth-order valence-electron chi connectivity index (χ4n) is 1.88. The summed E-state index contributed by atoms with van der Waals surface area (Å²) >= 11 is 5.99. The van der Waals surface area contributed by atoms with Crippen LogP contribution >= 0.6 is 11.6 Å². The van der Waals surface area contributed by atoms with Crippen molar-refractivity contribution in [3.63, 3.8) is 0 Å². The molecule has 2 rings (SSSR count). The highest BCUT2D eigenvalue weighted by molar-refractivity contribution is 6.33. The second kappa shape index (κ2) is 6.26. The van der Waals surface area contributed by atoms with Gasteiger partial charge in [-0.3, -0.25) is 0 Å². The summed E-state index contributed by atoms with van der Waals surface area (Å²) in [7, 11) is 0. The van der Waals surface area contributed by atoms with E-state index in [0.717, 1.165) is 0 Å². The first-order chi connectivity index (χ1) is 9.95. The van der Waals surface area contributed by atoms with Crippen LogP contribution in [-0.2, 0) is 4.74 Å². The van der Waals surface area contributed by atoms with Crippen molar-refractivity contribution in [2.24, 2.45) is 0 Å². The lowest BCUT2D eigenvalue weighted by atomic mass is 10.1. The fourth-order valence-corrected chi connectivity index (χ4v) is 2.12. The Labute approximate surface area is 126 Å². The van der Waals surface area contributed by atoms with Gasteiger partial charge in [0.1, 0.15) is 5.82 Å². The van der Waals surface area contributed by atoms with Crippen LogP contribution in [0, 0.1) is 5.82 Å². The van der Waals surface area contributed by atoms with Crippen LogP contribution in [-0.4, -0.2) is 17.6 Å². The highest BCUT2D eigenvalue weighted by Crippen LogP contribution is 2.33. The van der Waals surface area contributed by atoms with Crippen LogP contribution in [0.4, 0.5) is 4.39 Å². The Kier molecular flexibility index (Phi) is 4.63. The Bertz CT molecular complexity index is 647. The summed E-state index contributed by atoms with van der Waals surface area (Å²) in [6.45, 7) is 5.62. The third-order valence-corrected chi connectivity index (χ3v) is 3.15. The Morgan fingerprint density at radius 3 is 2.76 bits per heavy atom. The number of aromatic nitrogens is 1. The molecule has 0 saturated carbocycles. The molecule has 112 valence electrons. The number of nitrogens with zero attached hydrogens (tertiary/aromatic N) is 1. The molecule has 0 amide bonds. The van der Waals surface area contributed by atoms with Crippen LogP contribution in [0.25, 0.3) is 11.5 Å². The van der Waals surface area contributed by atoms with Gasteiger partial charge in [-0.1, -0.05) is 31.5 Å². The molecule has 0 aliphatic carbocycles. The van der Waals surface area contributed by atoms with Gasteiger partial charge in [-0.25, -0.2) is 14.2 Å². The number of oxazole rings is 1. The molecule has 0 aliphatic heterocycles. The zero-order valence-corrected chi connectivity index (χ0v) is 12.7. The monoisotopic (exact) mass is 311 g/mol. The Balaban J connectivity index is 2.57. The molecular formula is C15H15ClFNO3. The van der Waals surface area contributed by atoms with Crippen molar-refractivity contribution in [2.75, 3.05) is 6.61 Å². The summed E-state index contributed by atoms with van der Waals surface area (Å²) in [4.78, 5) is 16.1. The molecule has 1 heterocycles. The van der Waals surface area contributed by atoms with Crippen LogP contribution in [0.15, 0.2) is 22.6 Å². The molecule has 0 bridgehead atoms. The average Bonchev–Trinajstić information content (AvgIpc) is 2.84. The summed E-state index contributed by atoms with van der Waals surface area (Å²) in [5, 5.41) is 0.168. The maximum absolute atomic E-state index is 13.9. The van der Waals surface area contributed by atoms with Gasteiger partial charge in [0.15, 0.2) is 0 Å². The molecule has 0 aliphatic rings. The van der Waals surface area contributed by atoms with Crippen molar-refractivity contribution in [1.82, 2.24) is 4.98 Å². The van der Waals surface area contributed by atoms with Gasteiger partial charge < -0.3 is 9.15 Å². The number of halogens is 2. The zero-order valence-electron chi connectivity index (χ0n) is 11.9. The molecular weight excluding hydrogens is 297 g/mol. The normalized spacial score (nSPS) is 11.0. The smallest absolute Gasteiger partial charge is 0.376 e. The number of carbonyl (C=O) groups excluding carboxylic acids is 1. The minimum atomic E-state index is -0.618. The van der Waals surface area contributed by atoms with Crippen LogP contribution in [0.2, 0.25) is 5.02 Å². The molecule has 4 nitrogen and oxygen atoms in total. The highest BCUT2D eigenvalue weighted by Gasteiger charge is 2.26. The van der Waals surface area contributed by atoms with E-state index in [9.17, 15) is 9.18 Å². The predicted molar refractivity (Wildman–Crippen MR) is 77.0 cm³/mol. The van der Waals surface area contributed by atoms with Crippen molar-refractivity contribution in [2.45, 2.75) is 26.7 Å². The molecule has 21 heavy (non-hydrogen) atoms. The van der Waals surface area contributed by atoms with Gasteiger partial charge in [0, 0.05) is 0 Å². The van der Waals surface area contributed by atoms with E-state index in [0.29, 0.717) is 5.69 Å². The highest BCUT2D eigenvalue weighted by atomic mass is 35.5. The van der Waals surface area contributed by atoms with Crippen molar-refractivity contribution < 1.29 is 18.3 Å². The molecule has 0 fully saturated rings. The molecule has 1 aromatic heterocycles. The molecule has 6 heteroatoms. The summed E-state index contributed by atoms with van der Waals surface area (Å²) < 4.78 is 24.3. The first-order valence-corrected chi connectivity index (χ1v) is 6.95. The lowest BCUT2D eigenvalue weighted by molar-refractivity contribution is 0.0488. The van der Waals surface area contributed by atoms with Gasteiger partial charge >= 0.3 is 5.97 Å². The molecule has 0 saturated heterocycles. The Morgan fingerprint density at radius 1 is 1.48 bits per heavy atom. The largest absolute Gasteiger partial charge is 0.460 e. The van der Waals surface area contributed by atoms with E-state index in [4.69, 9.17) is 20.8 Å². The second-order valence-electron chi connectivity index (χ2n) is 4.71. The quantitative estimate of drug-likeness (QED) is 0.784. The first-order valence-electron chi connectivity index (χ1n) is 6.57. The molecule has 0 N–H and O–H groups in total. The summed E-state index contributed by atoms with van der Waals surface area (Å²) in [5.41, 5.74) is 0.458. The summed E-state index contributed by atoms with van der Waals surface area (Å²) in [6, 6.07) is 4.27. The van der Waals surface area contributed by atoms with E-state index >= 15 is 0 Å². The number of ether oxygens (including phenoxy) is 1. The third-order valence-electron chi connectivity index (χ3n) is 2.84. The SMILES string of the molecule is CCOC(=O)c1oc(-c2c(F)cccc2Cl)nc1C(C)C. The van der Waals surface area contributed by atoms with Gasteiger partial charge in [0.05, 0.1) is 22.9 Å². The molecule has 2 aromatic rings. The van der Waals surface area contributed by atoms with E-state index in [1.807, 2.05) is 13.8 Å². The number of hydrogen-bond acceptors (Lipinski definition) is 4. The van der Waals surface area contributed by atoms with Crippen LogP contribution in [0.3, 0.4) is 0 Å². The summed E-state index contributed by atoms with van der Waals surface area (Å²) in [6.07, 6.45) is 0. The molecule has 0 atom stereocenters. The minimum absolute atomic E-state index is 0.0128. The van der Waals surface area contributed by atoms with Crippen LogP contribution in [0.1, 0.15) is 42.9 Å². The maximum atomic E-state index is 13.9. The molecule has 0 spiro atoms. The second-order valence-corrected chi connectivity index (χ2v) is 5.11. The number of benzene rings is 1. The molecule has 0 radical (unpaired) electrons. The maximum Gasteiger partial charge on any atom is 0.376 e. The Morgan fingerprint density at radius 2 is 2.19 bits per heavy atom. The van der Waals surface area contributed by atoms with Crippen molar-refractivity contribution in [3.8, 4) is 11.5 Å². The molecule has 0 unspecified atom stereocenters. The van der Waals surface area contributed by atoms with E-state index in [-0.39, 0.29) is 34.8 Å². The number of esters is 1. The first kappa shape index (κ1) is 15.5. The topological polar surface area (TPSA) is 52.3 Å². The van der Waals surface area contributed by atoms with E-state index in [1.165, 1.54) is 18.2 Å². The van der Waals surface area contributed by atoms with E-state index in [1.54, 1.807) is 6.92 Å². The molecule has 1 aromatic carbocycles. The van der Waals surface area contributed by atoms with Gasteiger partial charge in [-0.05, 0) is 25.0 Å². The van der Waals surface area contributed by atoms with Crippen LogP contribution in [0.5, 0.6) is 0 Å². The van der Waals surface area contributed by atoms with Crippen molar-refractivity contribution in [3.05, 3.63) is 40.5 Å². The van der Waals surface area contributed by atoms with Gasteiger partial charge in [0.25, 0.3) is 0 Å². The minimum Gasteiger partial charge on any atom is -0.460 e. The number of hydrogen-bond donors (Lipinski definition) is 0. The van der Waals surface area contributed by atoms with E-state index < -0.39 is 11.8 Å². The number of rotatable bonds is 4. The van der Waals surface area contributed by atoms with Crippen LogP contribution < -0.4 is 0 Å². The lowest BCUT2D eigenvalue weighted by Crippen LogP contribution is -2.07. The standard InChI is InChI=1S/C15H15ClFNO3/c1-4-20-15(19)13-12(8(2)3)18-14(21-13)11-9(16)6-5-7-10(11)17/h5-8H,4H2,1-3H3.